The highest BCUT2D eigenvalue weighted by molar-refractivity contribution is 7.90. The van der Waals surface area contributed by atoms with Crippen molar-refractivity contribution in [3.63, 3.8) is 0 Å². The number of rotatable bonds is 3. The summed E-state index contributed by atoms with van der Waals surface area (Å²) in [5.41, 5.74) is -0.347. The lowest BCUT2D eigenvalue weighted by Gasteiger charge is -2.13. The maximum absolute atomic E-state index is 14.6. The minimum absolute atomic E-state index is 0.110. The molecule has 0 atom stereocenters. The molecule has 3 nitrogen and oxygen atoms in total. The highest BCUT2D eigenvalue weighted by Crippen LogP contribution is 2.36. The second-order valence-electron chi connectivity index (χ2n) is 6.03. The first-order valence-corrected chi connectivity index (χ1v) is 9.69. The van der Waals surface area contributed by atoms with Crippen molar-refractivity contribution < 1.29 is 30.4 Å². The van der Waals surface area contributed by atoms with Crippen molar-refractivity contribution in [2.24, 2.45) is 0 Å². The van der Waals surface area contributed by atoms with Gasteiger partial charge in [0, 0.05) is 29.8 Å². The number of alkyl halides is 3. The van der Waals surface area contributed by atoms with Gasteiger partial charge in [0.1, 0.15) is 16.5 Å². The van der Waals surface area contributed by atoms with Crippen molar-refractivity contribution in [1.29, 1.82) is 0 Å². The van der Waals surface area contributed by atoms with Gasteiger partial charge in [0.15, 0.2) is 9.84 Å². The molecule has 0 saturated carbocycles. The minimum Gasteiger partial charge on any atom is -0.264 e. The van der Waals surface area contributed by atoms with Crippen molar-refractivity contribution in [3.8, 4) is 22.3 Å². The third kappa shape index (κ3) is 3.89. The van der Waals surface area contributed by atoms with E-state index < -0.39 is 38.1 Å². The predicted molar refractivity (Wildman–Crippen MR) is 93.1 cm³/mol. The van der Waals surface area contributed by atoms with Crippen LogP contribution in [0.15, 0.2) is 59.8 Å². The van der Waals surface area contributed by atoms with Crippen LogP contribution in [0.5, 0.6) is 0 Å². The van der Waals surface area contributed by atoms with Gasteiger partial charge < -0.3 is 0 Å². The van der Waals surface area contributed by atoms with Gasteiger partial charge in [-0.2, -0.15) is 13.2 Å². The van der Waals surface area contributed by atoms with Crippen LogP contribution in [0.25, 0.3) is 22.3 Å². The van der Waals surface area contributed by atoms with Crippen LogP contribution in [0, 0.1) is 11.6 Å². The molecule has 9 heteroatoms. The van der Waals surface area contributed by atoms with E-state index in [9.17, 15) is 30.4 Å². The molecule has 0 aliphatic carbocycles. The molecule has 0 aliphatic heterocycles. The number of nitrogens with zero attached hydrogens (tertiary/aromatic N) is 1. The first kappa shape index (κ1) is 19.9. The molecule has 0 saturated heterocycles. The molecule has 0 unspecified atom stereocenters. The number of pyridine rings is 1. The van der Waals surface area contributed by atoms with Crippen molar-refractivity contribution in [2.75, 3.05) is 6.26 Å². The minimum atomic E-state index is -4.50. The standard InChI is InChI=1S/C19H12F5NO2S/c1-28(26,27)18-9-16(20)14(8-17(18)21)15-10-25-7-6-13(15)11-2-4-12(5-3-11)19(22,23)24/h2-10H,1H3. The first-order valence-electron chi connectivity index (χ1n) is 7.79. The molecule has 0 aliphatic rings. The van der Waals surface area contributed by atoms with Gasteiger partial charge in [0.25, 0.3) is 0 Å². The Hall–Kier alpha value is -2.81. The van der Waals surface area contributed by atoms with Gasteiger partial charge in [0.05, 0.1) is 5.56 Å². The largest absolute Gasteiger partial charge is 0.416 e. The first-order chi connectivity index (χ1) is 13.0. The van der Waals surface area contributed by atoms with E-state index in [1.165, 1.54) is 30.6 Å². The Bertz CT molecular complexity index is 1140. The third-order valence-corrected chi connectivity index (χ3v) is 5.17. The lowest BCUT2D eigenvalue weighted by atomic mass is 9.95. The number of halogens is 5. The molecule has 0 N–H and O–H groups in total. The summed E-state index contributed by atoms with van der Waals surface area (Å²) >= 11 is 0. The van der Waals surface area contributed by atoms with Gasteiger partial charge in [-0.25, -0.2) is 17.2 Å². The molecule has 3 rings (SSSR count). The van der Waals surface area contributed by atoms with E-state index in [1.54, 1.807) is 0 Å². The van der Waals surface area contributed by atoms with Gasteiger partial charge in [-0.3, -0.25) is 4.98 Å². The smallest absolute Gasteiger partial charge is 0.264 e. The van der Waals surface area contributed by atoms with Crippen molar-refractivity contribution in [3.05, 3.63) is 72.1 Å². The van der Waals surface area contributed by atoms with E-state index in [2.05, 4.69) is 4.98 Å². The molecule has 0 fully saturated rings. The van der Waals surface area contributed by atoms with Crippen molar-refractivity contribution >= 4 is 9.84 Å². The highest BCUT2D eigenvalue weighted by Gasteiger charge is 2.30. The number of benzene rings is 2. The summed E-state index contributed by atoms with van der Waals surface area (Å²) in [6.45, 7) is 0. The zero-order valence-electron chi connectivity index (χ0n) is 14.3. The van der Waals surface area contributed by atoms with Gasteiger partial charge in [-0.15, -0.1) is 0 Å². The molecule has 3 aromatic rings. The zero-order valence-corrected chi connectivity index (χ0v) is 15.1. The van der Waals surface area contributed by atoms with Crippen LogP contribution in [0.3, 0.4) is 0 Å². The summed E-state index contributed by atoms with van der Waals surface area (Å²) in [6.07, 6.45) is -1.17. The highest BCUT2D eigenvalue weighted by atomic mass is 32.2. The summed E-state index contributed by atoms with van der Waals surface area (Å²) in [4.78, 5) is 3.08. The average Bonchev–Trinajstić information content (AvgIpc) is 2.62. The number of sulfone groups is 1. The fourth-order valence-electron chi connectivity index (χ4n) is 2.72. The maximum Gasteiger partial charge on any atom is 0.416 e. The summed E-state index contributed by atoms with van der Waals surface area (Å²) in [5, 5.41) is 0. The molecule has 0 bridgehead atoms. The predicted octanol–water partition coefficient (Wildman–Crippen LogP) is 5.12. The number of aromatic nitrogens is 1. The molecule has 1 aromatic heterocycles. The Balaban J connectivity index is 2.15. The number of hydrogen-bond acceptors (Lipinski definition) is 3. The summed E-state index contributed by atoms with van der Waals surface area (Å²) in [5.74, 6) is -2.14. The molecule has 0 spiro atoms. The molecule has 0 amide bonds. The van der Waals surface area contributed by atoms with Crippen LogP contribution in [-0.2, 0) is 16.0 Å². The van der Waals surface area contributed by atoms with E-state index in [0.717, 1.165) is 24.5 Å². The zero-order chi connectivity index (χ0) is 20.7. The van der Waals surface area contributed by atoms with Crippen LogP contribution in [0.4, 0.5) is 22.0 Å². The summed E-state index contributed by atoms with van der Waals surface area (Å²) < 4.78 is 90.1. The van der Waals surface area contributed by atoms with Gasteiger partial charge >= 0.3 is 6.18 Å². The molecule has 0 radical (unpaired) electrons. The van der Waals surface area contributed by atoms with Gasteiger partial charge in [0.2, 0.25) is 0 Å². The third-order valence-electron chi connectivity index (χ3n) is 4.06. The fourth-order valence-corrected chi connectivity index (χ4v) is 3.45. The quantitative estimate of drug-likeness (QED) is 0.561. The van der Waals surface area contributed by atoms with Gasteiger partial charge in [-0.1, -0.05) is 12.1 Å². The van der Waals surface area contributed by atoms with Crippen molar-refractivity contribution in [2.45, 2.75) is 11.1 Å². The Labute approximate surface area is 157 Å². The summed E-state index contributed by atoms with van der Waals surface area (Å²) in [6, 6.07) is 6.92. The Morgan fingerprint density at radius 3 is 2.07 bits per heavy atom. The molecule has 146 valence electrons. The Kier molecular flexibility index (Phi) is 4.97. The SMILES string of the molecule is CS(=O)(=O)c1cc(F)c(-c2cnccc2-c2ccc(C(F)(F)F)cc2)cc1F. The van der Waals surface area contributed by atoms with E-state index in [-0.39, 0.29) is 11.1 Å². The van der Waals surface area contributed by atoms with E-state index >= 15 is 0 Å². The monoisotopic (exact) mass is 413 g/mol. The molecular formula is C19H12F5NO2S. The second-order valence-corrected chi connectivity index (χ2v) is 8.02. The lowest BCUT2D eigenvalue weighted by molar-refractivity contribution is -0.137. The Morgan fingerprint density at radius 2 is 1.50 bits per heavy atom. The molecule has 2 aromatic carbocycles. The maximum atomic E-state index is 14.6. The second kappa shape index (κ2) is 6.97. The van der Waals surface area contributed by atoms with Crippen LogP contribution in [0.1, 0.15) is 5.56 Å². The fraction of sp³-hybridized carbons (Fsp3) is 0.105. The number of hydrogen-bond donors (Lipinski definition) is 0. The van der Waals surface area contributed by atoms with Crippen LogP contribution in [-0.4, -0.2) is 19.7 Å². The Morgan fingerprint density at radius 1 is 0.857 bits per heavy atom. The van der Waals surface area contributed by atoms with Crippen LogP contribution < -0.4 is 0 Å². The molecular weight excluding hydrogens is 401 g/mol. The average molecular weight is 413 g/mol. The summed E-state index contributed by atoms with van der Waals surface area (Å²) in [7, 11) is -3.97. The van der Waals surface area contributed by atoms with E-state index in [0.29, 0.717) is 17.2 Å². The van der Waals surface area contributed by atoms with E-state index in [4.69, 9.17) is 0 Å². The van der Waals surface area contributed by atoms with Gasteiger partial charge in [-0.05, 0) is 41.5 Å². The molecule has 1 heterocycles. The van der Waals surface area contributed by atoms with Crippen LogP contribution in [0.2, 0.25) is 0 Å². The molecule has 28 heavy (non-hydrogen) atoms. The topological polar surface area (TPSA) is 47.0 Å². The lowest BCUT2D eigenvalue weighted by Crippen LogP contribution is -2.04. The van der Waals surface area contributed by atoms with E-state index in [1.807, 2.05) is 0 Å². The van der Waals surface area contributed by atoms with Crippen molar-refractivity contribution in [1.82, 2.24) is 4.98 Å². The van der Waals surface area contributed by atoms with Crippen LogP contribution >= 0.6 is 0 Å². The normalized spacial score (nSPS) is 12.2.